The van der Waals surface area contributed by atoms with Crippen LogP contribution in [0.2, 0.25) is 0 Å². The second-order valence-electron chi connectivity index (χ2n) is 6.81. The molecule has 162 valence electrons. The number of primary sulfonamides is 1. The van der Waals surface area contributed by atoms with Crippen LogP contribution in [0.25, 0.3) is 6.08 Å². The Bertz CT molecular complexity index is 1200. The molecule has 0 aliphatic heterocycles. The summed E-state index contributed by atoms with van der Waals surface area (Å²) in [6.07, 6.45) is 2.02. The average Bonchev–Trinajstić information content (AvgIpc) is 2.66. The van der Waals surface area contributed by atoms with Gasteiger partial charge in [-0.25, -0.2) is 26.7 Å². The molecule has 0 amide bonds. The van der Waals surface area contributed by atoms with Gasteiger partial charge in [0.25, 0.3) is 0 Å². The summed E-state index contributed by atoms with van der Waals surface area (Å²) in [6, 6.07) is 9.36. The Morgan fingerprint density at radius 1 is 1.07 bits per heavy atom. The maximum absolute atomic E-state index is 12.8. The molecule has 0 heterocycles. The van der Waals surface area contributed by atoms with Gasteiger partial charge < -0.3 is 4.74 Å². The number of nitrogens with one attached hydrogen (secondary N) is 1. The van der Waals surface area contributed by atoms with Gasteiger partial charge in [0.05, 0.1) is 9.80 Å². The fourth-order valence-corrected chi connectivity index (χ4v) is 5.14. The lowest BCUT2D eigenvalue weighted by Gasteiger charge is -2.20. The van der Waals surface area contributed by atoms with Gasteiger partial charge in [-0.3, -0.25) is 0 Å². The highest BCUT2D eigenvalue weighted by Gasteiger charge is 2.25. The van der Waals surface area contributed by atoms with Gasteiger partial charge in [-0.05, 0) is 66.8 Å². The lowest BCUT2D eigenvalue weighted by Crippen LogP contribution is -2.29. The first kappa shape index (κ1) is 22.3. The molecule has 30 heavy (non-hydrogen) atoms. The molecule has 0 bridgehead atoms. The number of aryl methyl sites for hydroxylation is 1. The van der Waals surface area contributed by atoms with Gasteiger partial charge in [0.2, 0.25) is 20.0 Å². The Hall–Kier alpha value is -2.34. The van der Waals surface area contributed by atoms with Gasteiger partial charge in [-0.1, -0.05) is 18.2 Å². The summed E-state index contributed by atoms with van der Waals surface area (Å²) in [5.41, 5.74) is 1.75. The standard InChI is InChI=1S/C19H20F2N2O5S2/c1-12(13-3-2-4-17(10-13)29(22,24)25)23-30(26,27)18-8-6-14-9-16(28-19(20)21)7-5-15(14)11-18/h2-5,7,9-12,19,23H,6,8H2,1H3,(H2,22,24,25). The number of benzene rings is 2. The zero-order chi connectivity index (χ0) is 22.1. The van der Waals surface area contributed by atoms with E-state index in [4.69, 9.17) is 5.14 Å². The molecule has 3 rings (SSSR count). The van der Waals surface area contributed by atoms with E-state index in [9.17, 15) is 25.6 Å². The van der Waals surface area contributed by atoms with Gasteiger partial charge >= 0.3 is 6.61 Å². The van der Waals surface area contributed by atoms with Crippen molar-refractivity contribution in [3.63, 3.8) is 0 Å². The van der Waals surface area contributed by atoms with E-state index in [2.05, 4.69) is 9.46 Å². The molecule has 0 radical (unpaired) electrons. The predicted octanol–water partition coefficient (Wildman–Crippen LogP) is 2.90. The van der Waals surface area contributed by atoms with Crippen molar-refractivity contribution in [2.24, 2.45) is 5.14 Å². The monoisotopic (exact) mass is 458 g/mol. The molecule has 11 heteroatoms. The van der Waals surface area contributed by atoms with E-state index in [0.29, 0.717) is 23.1 Å². The van der Waals surface area contributed by atoms with Gasteiger partial charge in [0.15, 0.2) is 0 Å². The lowest BCUT2D eigenvalue weighted by molar-refractivity contribution is -0.0498. The van der Waals surface area contributed by atoms with E-state index in [1.807, 2.05) is 0 Å². The summed E-state index contributed by atoms with van der Waals surface area (Å²) in [5.74, 6) is 0.0185. The minimum atomic E-state index is -3.91. The Morgan fingerprint density at radius 2 is 1.80 bits per heavy atom. The fraction of sp³-hybridized carbons (Fsp3) is 0.263. The largest absolute Gasteiger partial charge is 0.435 e. The van der Waals surface area contributed by atoms with Gasteiger partial charge in [0.1, 0.15) is 5.75 Å². The van der Waals surface area contributed by atoms with Crippen molar-refractivity contribution >= 4 is 26.1 Å². The molecule has 0 aromatic heterocycles. The van der Waals surface area contributed by atoms with Crippen LogP contribution in [0, 0.1) is 0 Å². The summed E-state index contributed by atoms with van der Waals surface area (Å²) in [7, 11) is -7.79. The third-order valence-electron chi connectivity index (χ3n) is 4.66. The number of halogens is 2. The van der Waals surface area contributed by atoms with Crippen LogP contribution in [0.4, 0.5) is 8.78 Å². The van der Waals surface area contributed by atoms with Gasteiger partial charge in [0, 0.05) is 6.04 Å². The first-order valence-electron chi connectivity index (χ1n) is 8.89. The number of allylic oxidation sites excluding steroid dienone is 1. The smallest absolute Gasteiger partial charge is 0.387 e. The Kier molecular flexibility index (Phi) is 6.27. The van der Waals surface area contributed by atoms with Crippen molar-refractivity contribution in [1.82, 2.24) is 4.72 Å². The first-order valence-corrected chi connectivity index (χ1v) is 11.9. The van der Waals surface area contributed by atoms with Crippen molar-refractivity contribution in [3.05, 3.63) is 64.1 Å². The van der Waals surface area contributed by atoms with Crippen LogP contribution < -0.4 is 14.6 Å². The zero-order valence-electron chi connectivity index (χ0n) is 15.9. The Morgan fingerprint density at radius 3 is 2.47 bits per heavy atom. The summed E-state index contributed by atoms with van der Waals surface area (Å²) in [4.78, 5) is 0.0330. The fourth-order valence-electron chi connectivity index (χ4n) is 3.17. The van der Waals surface area contributed by atoms with Crippen molar-refractivity contribution in [2.45, 2.75) is 37.3 Å². The normalized spacial score (nSPS) is 15.4. The van der Waals surface area contributed by atoms with Crippen LogP contribution in [0.3, 0.4) is 0 Å². The first-order chi connectivity index (χ1) is 14.0. The van der Waals surface area contributed by atoms with Crippen molar-refractivity contribution < 1.29 is 30.4 Å². The van der Waals surface area contributed by atoms with Gasteiger partial charge in [-0.15, -0.1) is 0 Å². The lowest BCUT2D eigenvalue weighted by atomic mass is 9.97. The summed E-state index contributed by atoms with van der Waals surface area (Å²) < 4.78 is 80.3. The van der Waals surface area contributed by atoms with E-state index >= 15 is 0 Å². The molecular formula is C19H20F2N2O5S2. The molecule has 1 aliphatic carbocycles. The van der Waals surface area contributed by atoms with E-state index < -0.39 is 32.7 Å². The quantitative estimate of drug-likeness (QED) is 0.662. The molecule has 2 aromatic rings. The predicted molar refractivity (Wildman–Crippen MR) is 108 cm³/mol. The Balaban J connectivity index is 1.82. The molecule has 0 saturated heterocycles. The number of fused-ring (bicyclic) bond motifs is 1. The zero-order valence-corrected chi connectivity index (χ0v) is 17.5. The van der Waals surface area contributed by atoms with E-state index in [-0.39, 0.29) is 22.0 Å². The molecule has 2 aromatic carbocycles. The number of hydrogen-bond donors (Lipinski definition) is 2. The maximum Gasteiger partial charge on any atom is 0.387 e. The third kappa shape index (κ3) is 5.22. The summed E-state index contributed by atoms with van der Waals surface area (Å²) >= 11 is 0. The second kappa shape index (κ2) is 8.42. The minimum absolute atomic E-state index is 0.0185. The van der Waals surface area contributed by atoms with Gasteiger partial charge in [-0.2, -0.15) is 8.78 Å². The second-order valence-corrected chi connectivity index (χ2v) is 10.1. The molecule has 1 atom stereocenters. The number of alkyl halides is 2. The Labute approximate surface area is 173 Å². The summed E-state index contributed by atoms with van der Waals surface area (Å²) in [5, 5.41) is 5.13. The van der Waals surface area contributed by atoms with Crippen molar-refractivity contribution in [1.29, 1.82) is 0 Å². The van der Waals surface area contributed by atoms with Crippen LogP contribution in [0.15, 0.2) is 52.3 Å². The number of sulfonamides is 2. The SMILES string of the molecule is CC(NS(=O)(=O)C1=Cc2ccc(OC(F)F)cc2CC1)c1cccc(S(N)(=O)=O)c1. The number of hydrogen-bond acceptors (Lipinski definition) is 5. The molecule has 0 fully saturated rings. The molecular weight excluding hydrogens is 438 g/mol. The van der Waals surface area contributed by atoms with Crippen LogP contribution >= 0.6 is 0 Å². The molecule has 0 saturated carbocycles. The minimum Gasteiger partial charge on any atom is -0.435 e. The topological polar surface area (TPSA) is 116 Å². The van der Waals surface area contributed by atoms with E-state index in [0.717, 1.165) is 0 Å². The van der Waals surface area contributed by atoms with E-state index in [1.54, 1.807) is 13.0 Å². The van der Waals surface area contributed by atoms with Crippen molar-refractivity contribution in [2.75, 3.05) is 0 Å². The highest BCUT2D eigenvalue weighted by atomic mass is 32.2. The number of ether oxygens (including phenoxy) is 1. The molecule has 1 aliphatic rings. The highest BCUT2D eigenvalue weighted by molar-refractivity contribution is 7.93. The van der Waals surface area contributed by atoms with Crippen LogP contribution in [-0.4, -0.2) is 23.4 Å². The van der Waals surface area contributed by atoms with Crippen LogP contribution in [0.1, 0.15) is 36.1 Å². The number of rotatable bonds is 7. The molecule has 7 nitrogen and oxygen atoms in total. The average molecular weight is 459 g/mol. The molecule has 1 unspecified atom stereocenters. The third-order valence-corrected chi connectivity index (χ3v) is 7.25. The highest BCUT2D eigenvalue weighted by Crippen LogP contribution is 2.31. The molecule has 0 spiro atoms. The summed E-state index contributed by atoms with van der Waals surface area (Å²) in [6.45, 7) is -1.35. The van der Waals surface area contributed by atoms with Crippen LogP contribution in [-0.2, 0) is 26.5 Å². The molecule has 3 N–H and O–H groups in total. The van der Waals surface area contributed by atoms with E-state index in [1.165, 1.54) is 42.5 Å². The number of nitrogens with two attached hydrogens (primary N) is 1. The maximum atomic E-state index is 12.8. The van der Waals surface area contributed by atoms with Crippen molar-refractivity contribution in [3.8, 4) is 5.75 Å². The van der Waals surface area contributed by atoms with Crippen LogP contribution in [0.5, 0.6) is 5.75 Å².